The van der Waals surface area contributed by atoms with Gasteiger partial charge in [0.15, 0.2) is 0 Å². The van der Waals surface area contributed by atoms with Crippen LogP contribution < -0.4 is 10.6 Å². The zero-order valence-corrected chi connectivity index (χ0v) is 23.2. The number of thioether (sulfide) groups is 1. The first-order valence-electron chi connectivity index (χ1n) is 13.7. The van der Waals surface area contributed by atoms with Crippen LogP contribution in [0.3, 0.4) is 0 Å². The summed E-state index contributed by atoms with van der Waals surface area (Å²) in [6.07, 6.45) is 7.15. The zero-order valence-electron chi connectivity index (χ0n) is 22.4. The second-order valence-electron chi connectivity index (χ2n) is 9.81. The van der Waals surface area contributed by atoms with E-state index in [4.69, 9.17) is 4.74 Å². The van der Waals surface area contributed by atoms with E-state index in [-0.39, 0.29) is 23.7 Å². The van der Waals surface area contributed by atoms with Crippen LogP contribution in [0, 0.1) is 5.92 Å². The summed E-state index contributed by atoms with van der Waals surface area (Å²) in [6.45, 7) is 2.44. The Labute approximate surface area is 234 Å². The normalized spacial score (nSPS) is 14.3. The van der Waals surface area contributed by atoms with Crippen LogP contribution in [-0.4, -0.2) is 24.4 Å². The number of carbonyl (C=O) groups excluding carboxylic acids is 3. The van der Waals surface area contributed by atoms with Crippen LogP contribution in [-0.2, 0) is 14.3 Å². The number of hydrogen-bond acceptors (Lipinski definition) is 5. The van der Waals surface area contributed by atoms with Crippen LogP contribution in [0.25, 0.3) is 0 Å². The summed E-state index contributed by atoms with van der Waals surface area (Å²) in [5, 5.41) is 5.54. The lowest BCUT2D eigenvalue weighted by atomic mass is 9.88. The predicted octanol–water partition coefficient (Wildman–Crippen LogP) is 7.63. The van der Waals surface area contributed by atoms with Crippen molar-refractivity contribution in [3.8, 4) is 0 Å². The molecular weight excluding hydrogens is 508 g/mol. The fraction of sp³-hybridized carbons (Fsp3) is 0.344. The predicted molar refractivity (Wildman–Crippen MR) is 157 cm³/mol. The number of ether oxygens (including phenoxy) is 1. The standard InChI is InChI=1S/C32H36N2O4S/c1-2-3-22-38-32(37)25-14-16-26(17-15-25)34-31(36)29(23-10-6-4-7-11-23)39-28-20-18-27(19-21-28)33-30(35)24-12-8-5-9-13-24/h4,6-7,10-11,14-21,24,29H,2-3,5,8-9,12-13,22H2,1H3,(H,33,35)(H,34,36). The molecule has 0 radical (unpaired) electrons. The first-order chi connectivity index (χ1) is 19.0. The highest BCUT2D eigenvalue weighted by atomic mass is 32.2. The van der Waals surface area contributed by atoms with Gasteiger partial charge in [-0.05, 0) is 73.4 Å². The molecule has 2 N–H and O–H groups in total. The van der Waals surface area contributed by atoms with Gasteiger partial charge in [0, 0.05) is 22.2 Å². The van der Waals surface area contributed by atoms with Gasteiger partial charge < -0.3 is 15.4 Å². The molecule has 39 heavy (non-hydrogen) atoms. The Balaban J connectivity index is 1.40. The smallest absolute Gasteiger partial charge is 0.338 e. The molecule has 6 nitrogen and oxygen atoms in total. The first-order valence-corrected chi connectivity index (χ1v) is 14.6. The lowest BCUT2D eigenvalue weighted by molar-refractivity contribution is -0.120. The molecule has 0 bridgehead atoms. The fourth-order valence-corrected chi connectivity index (χ4v) is 5.58. The van der Waals surface area contributed by atoms with Crippen molar-refractivity contribution in [2.45, 2.75) is 62.0 Å². The maximum Gasteiger partial charge on any atom is 0.338 e. The van der Waals surface area contributed by atoms with E-state index in [1.54, 1.807) is 24.3 Å². The number of amides is 2. The summed E-state index contributed by atoms with van der Waals surface area (Å²) in [5.41, 5.74) is 2.70. The van der Waals surface area contributed by atoms with Gasteiger partial charge in [-0.1, -0.05) is 62.9 Å². The Morgan fingerprint density at radius 3 is 2.15 bits per heavy atom. The van der Waals surface area contributed by atoms with E-state index in [0.29, 0.717) is 17.9 Å². The molecule has 0 aliphatic heterocycles. The van der Waals surface area contributed by atoms with E-state index in [0.717, 1.165) is 54.7 Å². The molecule has 0 heterocycles. The third-order valence-electron chi connectivity index (χ3n) is 6.81. The van der Waals surface area contributed by atoms with Gasteiger partial charge in [-0.2, -0.15) is 0 Å². The van der Waals surface area contributed by atoms with Crippen LogP contribution in [0.15, 0.2) is 83.8 Å². The average molecular weight is 545 g/mol. The molecule has 1 aliphatic carbocycles. The zero-order chi connectivity index (χ0) is 27.5. The number of carbonyl (C=O) groups is 3. The van der Waals surface area contributed by atoms with Gasteiger partial charge in [-0.25, -0.2) is 4.79 Å². The Hall–Kier alpha value is -3.58. The molecule has 1 saturated carbocycles. The number of hydrogen-bond donors (Lipinski definition) is 2. The molecule has 1 atom stereocenters. The van der Waals surface area contributed by atoms with E-state index in [2.05, 4.69) is 10.6 Å². The minimum absolute atomic E-state index is 0.0943. The van der Waals surface area contributed by atoms with Crippen LogP contribution in [0.4, 0.5) is 11.4 Å². The number of benzene rings is 3. The molecule has 0 aromatic heterocycles. The van der Waals surface area contributed by atoms with E-state index in [9.17, 15) is 14.4 Å². The van der Waals surface area contributed by atoms with Crippen molar-refractivity contribution < 1.29 is 19.1 Å². The molecular formula is C32H36N2O4S. The van der Waals surface area contributed by atoms with Crippen LogP contribution in [0.1, 0.15) is 73.0 Å². The number of unbranched alkanes of at least 4 members (excludes halogenated alkanes) is 1. The summed E-state index contributed by atoms with van der Waals surface area (Å²) in [7, 11) is 0. The van der Waals surface area contributed by atoms with Crippen LogP contribution >= 0.6 is 11.8 Å². The number of anilines is 2. The summed E-state index contributed by atoms with van der Waals surface area (Å²) < 4.78 is 5.26. The Morgan fingerprint density at radius 2 is 1.49 bits per heavy atom. The van der Waals surface area contributed by atoms with Gasteiger partial charge in [-0.3, -0.25) is 9.59 Å². The average Bonchev–Trinajstić information content (AvgIpc) is 2.98. The van der Waals surface area contributed by atoms with E-state index in [1.807, 2.05) is 61.5 Å². The monoisotopic (exact) mass is 544 g/mol. The highest BCUT2D eigenvalue weighted by Gasteiger charge is 2.23. The molecule has 7 heteroatoms. The number of nitrogens with one attached hydrogen (secondary N) is 2. The summed E-state index contributed by atoms with van der Waals surface area (Å²) in [5.74, 6) is -0.340. The van der Waals surface area contributed by atoms with Crippen molar-refractivity contribution in [3.05, 3.63) is 90.0 Å². The van der Waals surface area contributed by atoms with E-state index < -0.39 is 5.25 Å². The van der Waals surface area contributed by atoms with Crippen molar-refractivity contribution in [1.29, 1.82) is 0 Å². The SMILES string of the molecule is CCCCOC(=O)c1ccc(NC(=O)C(Sc2ccc(NC(=O)C3CCCCC3)cc2)c2ccccc2)cc1. The van der Waals surface area contributed by atoms with Gasteiger partial charge >= 0.3 is 5.97 Å². The molecule has 3 aromatic rings. The van der Waals surface area contributed by atoms with E-state index >= 15 is 0 Å². The van der Waals surface area contributed by atoms with Crippen LogP contribution in [0.5, 0.6) is 0 Å². The molecule has 4 rings (SSSR count). The Kier molecular flexibility index (Phi) is 10.6. The van der Waals surface area contributed by atoms with Gasteiger partial charge in [0.05, 0.1) is 12.2 Å². The maximum atomic E-state index is 13.4. The Morgan fingerprint density at radius 1 is 0.846 bits per heavy atom. The number of esters is 1. The molecule has 204 valence electrons. The summed E-state index contributed by atoms with van der Waals surface area (Å²) >= 11 is 1.45. The summed E-state index contributed by atoms with van der Waals surface area (Å²) in [6, 6.07) is 24.0. The second kappa shape index (κ2) is 14.5. The molecule has 0 spiro atoms. The van der Waals surface area contributed by atoms with Crippen molar-refractivity contribution >= 4 is 40.9 Å². The molecule has 2 amide bonds. The minimum Gasteiger partial charge on any atom is -0.462 e. The van der Waals surface area contributed by atoms with Gasteiger partial charge in [-0.15, -0.1) is 11.8 Å². The lowest BCUT2D eigenvalue weighted by Gasteiger charge is -2.21. The maximum absolute atomic E-state index is 13.4. The van der Waals surface area contributed by atoms with Crippen molar-refractivity contribution in [2.24, 2.45) is 5.92 Å². The van der Waals surface area contributed by atoms with Gasteiger partial charge in [0.2, 0.25) is 11.8 Å². The van der Waals surface area contributed by atoms with Crippen molar-refractivity contribution in [1.82, 2.24) is 0 Å². The summed E-state index contributed by atoms with van der Waals surface area (Å²) in [4.78, 5) is 39.1. The van der Waals surface area contributed by atoms with E-state index in [1.165, 1.54) is 18.2 Å². The topological polar surface area (TPSA) is 84.5 Å². The fourth-order valence-electron chi connectivity index (χ4n) is 4.55. The Bertz CT molecular complexity index is 1220. The third-order valence-corrected chi connectivity index (χ3v) is 8.08. The first kappa shape index (κ1) is 28.4. The van der Waals surface area contributed by atoms with Crippen molar-refractivity contribution in [3.63, 3.8) is 0 Å². The molecule has 1 unspecified atom stereocenters. The second-order valence-corrected chi connectivity index (χ2v) is 11.0. The lowest BCUT2D eigenvalue weighted by Crippen LogP contribution is -2.24. The quantitative estimate of drug-likeness (QED) is 0.147. The molecule has 3 aromatic carbocycles. The van der Waals surface area contributed by atoms with Crippen LogP contribution in [0.2, 0.25) is 0 Å². The van der Waals surface area contributed by atoms with Gasteiger partial charge in [0.1, 0.15) is 5.25 Å². The van der Waals surface area contributed by atoms with Crippen molar-refractivity contribution in [2.75, 3.05) is 17.2 Å². The minimum atomic E-state index is -0.493. The molecule has 1 fully saturated rings. The van der Waals surface area contributed by atoms with Gasteiger partial charge in [0.25, 0.3) is 0 Å². The molecule has 1 aliphatic rings. The highest BCUT2D eigenvalue weighted by Crippen LogP contribution is 2.37. The number of rotatable bonds is 11. The largest absolute Gasteiger partial charge is 0.462 e. The highest BCUT2D eigenvalue weighted by molar-refractivity contribution is 8.00. The third kappa shape index (κ3) is 8.45. The molecule has 0 saturated heterocycles.